The largest absolute Gasteiger partial charge is 0.389 e. The van der Waals surface area contributed by atoms with E-state index in [-0.39, 0.29) is 52.2 Å². The lowest BCUT2D eigenvalue weighted by atomic mass is 9.76. The molecule has 2 saturated carbocycles. The molecule has 2 bridgehead atoms. The van der Waals surface area contributed by atoms with E-state index in [1.165, 1.54) is 19.1 Å². The number of nitrogens with one attached hydrogen (secondary N) is 2. The zero-order valence-electron chi connectivity index (χ0n) is 21.0. The number of rotatable bonds is 8. The number of benzene rings is 2. The van der Waals surface area contributed by atoms with Crippen molar-refractivity contribution >= 4 is 43.1 Å². The summed E-state index contributed by atoms with van der Waals surface area (Å²) in [6.07, 6.45) is 0.612. The Balaban J connectivity index is 1.60. The molecule has 8 nitrogen and oxygen atoms in total. The molecule has 0 spiro atoms. The molecule has 14 heteroatoms. The van der Waals surface area contributed by atoms with Gasteiger partial charge in [-0.3, -0.25) is 4.79 Å². The van der Waals surface area contributed by atoms with Crippen LogP contribution in [0.2, 0.25) is 5.02 Å². The molecule has 5 atom stereocenters. The van der Waals surface area contributed by atoms with Crippen molar-refractivity contribution in [2.45, 2.75) is 48.9 Å². The van der Waals surface area contributed by atoms with Gasteiger partial charge in [0.1, 0.15) is 0 Å². The van der Waals surface area contributed by atoms with Gasteiger partial charge in [0.2, 0.25) is 10.0 Å². The third-order valence-electron chi connectivity index (χ3n) is 7.65. The van der Waals surface area contributed by atoms with Crippen LogP contribution < -0.4 is 10.0 Å². The van der Waals surface area contributed by atoms with Crippen LogP contribution in [-0.2, 0) is 19.9 Å². The number of anilines is 1. The van der Waals surface area contributed by atoms with Crippen molar-refractivity contribution in [3.8, 4) is 0 Å². The summed E-state index contributed by atoms with van der Waals surface area (Å²) in [5.74, 6) is -6.83. The van der Waals surface area contributed by atoms with Gasteiger partial charge in [-0.2, -0.15) is 0 Å². The Morgan fingerprint density at radius 3 is 2.33 bits per heavy atom. The number of hydrogen-bond donors (Lipinski definition) is 3. The molecular weight excluding hydrogens is 581 g/mol. The van der Waals surface area contributed by atoms with E-state index in [4.69, 9.17) is 11.6 Å². The van der Waals surface area contributed by atoms with Gasteiger partial charge < -0.3 is 10.4 Å². The summed E-state index contributed by atoms with van der Waals surface area (Å²) < 4.78 is 94.3. The van der Waals surface area contributed by atoms with E-state index in [0.29, 0.717) is 18.6 Å². The molecule has 4 rings (SSSR count). The molecule has 0 aliphatic heterocycles. The first-order valence-corrected chi connectivity index (χ1v) is 15.8. The van der Waals surface area contributed by atoms with E-state index in [1.54, 1.807) is 0 Å². The Bertz CT molecular complexity index is 1500. The van der Waals surface area contributed by atoms with Crippen LogP contribution in [0.25, 0.3) is 0 Å². The minimum absolute atomic E-state index is 0.0558. The molecule has 2 fully saturated rings. The van der Waals surface area contributed by atoms with Crippen molar-refractivity contribution in [2.75, 3.05) is 17.6 Å². The monoisotopic (exact) mass is 608 g/mol. The number of halogens is 4. The minimum Gasteiger partial charge on any atom is -0.389 e. The Morgan fingerprint density at radius 2 is 1.74 bits per heavy atom. The minimum atomic E-state index is -4.14. The van der Waals surface area contributed by atoms with Crippen LogP contribution in [0.15, 0.2) is 35.2 Å². The fourth-order valence-electron chi connectivity index (χ4n) is 5.80. The van der Waals surface area contributed by atoms with Crippen molar-refractivity contribution in [3.05, 3.63) is 58.4 Å². The summed E-state index contributed by atoms with van der Waals surface area (Å²) in [5, 5.41) is 12.3. The zero-order valence-corrected chi connectivity index (χ0v) is 23.4. The molecule has 2 aromatic rings. The number of carbonyl (C=O) groups is 1. The number of carbonyl (C=O) groups excluding carboxylic acids is 1. The highest BCUT2D eigenvalue weighted by molar-refractivity contribution is 7.92. The molecular formula is C25H28ClF3N2O6S2. The summed E-state index contributed by atoms with van der Waals surface area (Å²) in [5.41, 5.74) is -1.95. The van der Waals surface area contributed by atoms with Gasteiger partial charge in [-0.05, 0) is 62.1 Å². The van der Waals surface area contributed by atoms with Crippen LogP contribution >= 0.6 is 11.6 Å². The number of hydrogen-bond acceptors (Lipinski definition) is 6. The molecule has 39 heavy (non-hydrogen) atoms. The number of amides is 1. The lowest BCUT2D eigenvalue weighted by Gasteiger charge is -2.41. The van der Waals surface area contributed by atoms with Gasteiger partial charge in [0.15, 0.2) is 27.3 Å². The summed E-state index contributed by atoms with van der Waals surface area (Å²) in [4.78, 5) is 12.5. The number of sulfone groups is 1. The second kappa shape index (κ2) is 10.7. The van der Waals surface area contributed by atoms with Gasteiger partial charge in [0, 0.05) is 29.9 Å². The first kappa shape index (κ1) is 29.8. The average molecular weight is 609 g/mol. The van der Waals surface area contributed by atoms with Crippen molar-refractivity contribution in [1.29, 1.82) is 0 Å². The molecule has 0 saturated heterocycles. The fraction of sp³-hybridized carbons (Fsp3) is 0.480. The standard InChI is InChI=1S/C25H28ClF3N2O6S2/c1-3-38(34,35)30-12-25(33)10-15-6-13(2)17(11-25)23(15)39(36,37)21-7-14(4-5-18(21)26)24(32)31-16-8-19(27)22(29)20(28)9-16/h4-5,7-9,13,15,17,23,30,33H,3,6,10-12H2,1-2H3,(H,31,32)/t13-,15-,17?,23?,25-/m0/s1. The highest BCUT2D eigenvalue weighted by Crippen LogP contribution is 2.53. The zero-order chi connectivity index (χ0) is 28.9. The molecule has 3 N–H and O–H groups in total. The van der Waals surface area contributed by atoms with Crippen molar-refractivity contribution in [2.24, 2.45) is 17.8 Å². The van der Waals surface area contributed by atoms with E-state index < -0.39 is 65.9 Å². The maximum Gasteiger partial charge on any atom is 0.255 e. The predicted molar refractivity (Wildman–Crippen MR) is 139 cm³/mol. The number of aliphatic hydroxyl groups is 1. The Labute approximate surface area is 229 Å². The molecule has 2 aromatic carbocycles. The van der Waals surface area contributed by atoms with Crippen molar-refractivity contribution < 1.29 is 39.9 Å². The van der Waals surface area contributed by atoms with Crippen LogP contribution in [0.4, 0.5) is 18.9 Å². The lowest BCUT2D eigenvalue weighted by Crippen LogP contribution is -2.52. The van der Waals surface area contributed by atoms with E-state index in [1.807, 2.05) is 6.92 Å². The van der Waals surface area contributed by atoms with Gasteiger partial charge >= 0.3 is 0 Å². The van der Waals surface area contributed by atoms with Crippen LogP contribution in [0.5, 0.6) is 0 Å². The van der Waals surface area contributed by atoms with Crippen LogP contribution in [0, 0.1) is 35.2 Å². The summed E-state index contributed by atoms with van der Waals surface area (Å²) in [6.45, 7) is 3.12. The topological polar surface area (TPSA) is 130 Å². The van der Waals surface area contributed by atoms with Gasteiger partial charge in [-0.1, -0.05) is 18.5 Å². The first-order valence-electron chi connectivity index (χ1n) is 12.3. The van der Waals surface area contributed by atoms with Crippen LogP contribution in [0.3, 0.4) is 0 Å². The van der Waals surface area contributed by atoms with E-state index in [9.17, 15) is 39.9 Å². The van der Waals surface area contributed by atoms with E-state index in [0.717, 1.165) is 6.07 Å². The number of sulfonamides is 1. The quantitative estimate of drug-likeness (QED) is 0.390. The maximum atomic E-state index is 13.9. The summed E-state index contributed by atoms with van der Waals surface area (Å²) >= 11 is 6.27. The molecule has 0 radical (unpaired) electrons. The van der Waals surface area contributed by atoms with Gasteiger partial charge in [-0.25, -0.2) is 34.7 Å². The predicted octanol–water partition coefficient (Wildman–Crippen LogP) is 3.89. The third kappa shape index (κ3) is 5.97. The Hall–Kier alpha value is -2.19. The molecule has 2 unspecified atom stereocenters. The maximum absolute atomic E-state index is 13.9. The normalized spacial score (nSPS) is 26.9. The molecule has 214 valence electrons. The SMILES string of the molecule is CCS(=O)(=O)NC[C@@]1(O)CC2C(S(=O)(=O)c3cc(C(=O)Nc4cc(F)c(F)c(F)c4)ccc3Cl)[C@@H](C[C@@H]2C)C1. The van der Waals surface area contributed by atoms with Gasteiger partial charge in [0.05, 0.1) is 26.5 Å². The molecule has 2 aliphatic rings. The van der Waals surface area contributed by atoms with Crippen LogP contribution in [-0.4, -0.2) is 51.0 Å². The summed E-state index contributed by atoms with van der Waals surface area (Å²) in [6, 6.07) is 4.71. The van der Waals surface area contributed by atoms with Gasteiger partial charge in [-0.15, -0.1) is 0 Å². The highest BCUT2D eigenvalue weighted by Gasteiger charge is 2.57. The van der Waals surface area contributed by atoms with Crippen molar-refractivity contribution in [3.63, 3.8) is 0 Å². The first-order chi connectivity index (χ1) is 18.1. The fourth-order valence-corrected chi connectivity index (χ4v) is 9.40. The van der Waals surface area contributed by atoms with Gasteiger partial charge in [0.25, 0.3) is 5.91 Å². The lowest BCUT2D eigenvalue weighted by molar-refractivity contribution is -0.0160. The molecule has 0 heterocycles. The summed E-state index contributed by atoms with van der Waals surface area (Å²) in [7, 11) is -7.70. The Kier molecular flexibility index (Phi) is 8.14. The Morgan fingerprint density at radius 1 is 1.10 bits per heavy atom. The van der Waals surface area contributed by atoms with Crippen LogP contribution in [0.1, 0.15) is 43.5 Å². The van der Waals surface area contributed by atoms with E-state index >= 15 is 0 Å². The molecule has 0 aromatic heterocycles. The smallest absolute Gasteiger partial charge is 0.255 e. The molecule has 1 amide bonds. The second-order valence-corrected chi connectivity index (χ2v) is 14.9. The number of fused-ring (bicyclic) bond motifs is 2. The van der Waals surface area contributed by atoms with E-state index in [2.05, 4.69) is 10.0 Å². The highest BCUT2D eigenvalue weighted by atomic mass is 35.5. The molecule has 2 aliphatic carbocycles. The second-order valence-electron chi connectivity index (χ2n) is 10.4. The average Bonchev–Trinajstić information content (AvgIpc) is 3.08. The third-order valence-corrected chi connectivity index (χ3v) is 11.8. The van der Waals surface area contributed by atoms with Crippen molar-refractivity contribution in [1.82, 2.24) is 4.72 Å².